The van der Waals surface area contributed by atoms with Gasteiger partial charge >= 0.3 is 5.97 Å². The first kappa shape index (κ1) is 9.05. The minimum Gasteiger partial charge on any atom is -0.477 e. The van der Waals surface area contributed by atoms with Crippen LogP contribution in [0.3, 0.4) is 0 Å². The van der Waals surface area contributed by atoms with Gasteiger partial charge in [-0.25, -0.2) is 13.6 Å². The molecule has 1 heterocycles. The lowest BCUT2D eigenvalue weighted by molar-refractivity contribution is 0.0690. The third-order valence-corrected chi connectivity index (χ3v) is 2.26. The molecule has 6 heteroatoms. The van der Waals surface area contributed by atoms with Crippen molar-refractivity contribution in [1.82, 2.24) is 4.37 Å². The number of carboxylic acids is 1. The number of carbonyl (C=O) groups is 1. The molecule has 0 saturated carbocycles. The summed E-state index contributed by atoms with van der Waals surface area (Å²) in [6.07, 6.45) is -2.77. The molecule has 3 nitrogen and oxygen atoms in total. The van der Waals surface area contributed by atoms with Gasteiger partial charge in [0.2, 0.25) is 0 Å². The fraction of sp³-hybridized carbons (Fsp3) is 0.333. The van der Waals surface area contributed by atoms with Crippen LogP contribution in [0.5, 0.6) is 0 Å². The molecule has 1 aromatic rings. The van der Waals surface area contributed by atoms with Crippen molar-refractivity contribution in [1.29, 1.82) is 0 Å². The highest BCUT2D eigenvalue weighted by molar-refractivity contribution is 7.08. The fourth-order valence-corrected chi connectivity index (χ4v) is 1.53. The van der Waals surface area contributed by atoms with E-state index in [1.807, 2.05) is 0 Å². The summed E-state index contributed by atoms with van der Waals surface area (Å²) < 4.78 is 27.9. The lowest BCUT2D eigenvalue weighted by Gasteiger charge is -1.97. The highest BCUT2D eigenvalue weighted by Gasteiger charge is 2.23. The van der Waals surface area contributed by atoms with E-state index >= 15 is 0 Å². The molecule has 12 heavy (non-hydrogen) atoms. The van der Waals surface area contributed by atoms with Crippen molar-refractivity contribution in [2.45, 2.75) is 13.3 Å². The third kappa shape index (κ3) is 1.42. The van der Waals surface area contributed by atoms with Gasteiger partial charge < -0.3 is 5.11 Å². The number of aryl methyl sites for hydroxylation is 1. The van der Waals surface area contributed by atoms with Gasteiger partial charge in [-0.2, -0.15) is 4.37 Å². The highest BCUT2D eigenvalue weighted by Crippen LogP contribution is 2.28. The number of hydrogen-bond donors (Lipinski definition) is 1. The number of hydrogen-bond acceptors (Lipinski definition) is 3. The molecule has 1 aromatic heterocycles. The van der Waals surface area contributed by atoms with Crippen LogP contribution in [0, 0.1) is 6.92 Å². The molecule has 0 spiro atoms. The molecule has 0 radical (unpaired) electrons. The van der Waals surface area contributed by atoms with Gasteiger partial charge in [0, 0.05) is 0 Å². The van der Waals surface area contributed by atoms with Crippen LogP contribution in [0.15, 0.2) is 0 Å². The molecule has 0 aromatic carbocycles. The topological polar surface area (TPSA) is 50.2 Å². The first-order valence-corrected chi connectivity index (χ1v) is 3.79. The Kier molecular flexibility index (Phi) is 2.37. The smallest absolute Gasteiger partial charge is 0.348 e. The van der Waals surface area contributed by atoms with Gasteiger partial charge in [0.25, 0.3) is 6.43 Å². The zero-order valence-corrected chi connectivity index (χ0v) is 6.86. The summed E-state index contributed by atoms with van der Waals surface area (Å²) in [5, 5.41) is 8.46. The molecule has 0 fully saturated rings. The van der Waals surface area contributed by atoms with Gasteiger partial charge in [-0.15, -0.1) is 0 Å². The van der Waals surface area contributed by atoms with Crippen molar-refractivity contribution < 1.29 is 18.7 Å². The van der Waals surface area contributed by atoms with Crippen LogP contribution in [0.4, 0.5) is 8.78 Å². The largest absolute Gasteiger partial charge is 0.477 e. The number of carboxylic acid groups (broad SMARTS) is 1. The fourth-order valence-electron chi connectivity index (χ4n) is 0.788. The Morgan fingerprint density at radius 2 is 2.25 bits per heavy atom. The van der Waals surface area contributed by atoms with Crippen molar-refractivity contribution in [3.63, 3.8) is 0 Å². The molecule has 0 aliphatic rings. The number of alkyl halides is 2. The minimum atomic E-state index is -2.77. The van der Waals surface area contributed by atoms with Crippen molar-refractivity contribution >= 4 is 17.5 Å². The average molecular weight is 193 g/mol. The summed E-state index contributed by atoms with van der Waals surface area (Å²) in [6.45, 7) is 1.37. The van der Waals surface area contributed by atoms with Crippen LogP contribution in [0.25, 0.3) is 0 Å². The first-order chi connectivity index (χ1) is 5.54. The predicted octanol–water partition coefficient (Wildman–Crippen LogP) is 2.09. The van der Waals surface area contributed by atoms with Crippen LogP contribution in [0.2, 0.25) is 0 Å². The van der Waals surface area contributed by atoms with E-state index in [2.05, 4.69) is 4.37 Å². The van der Waals surface area contributed by atoms with E-state index in [4.69, 9.17) is 5.11 Å². The lowest BCUT2D eigenvalue weighted by Crippen LogP contribution is -1.98. The molecule has 0 bridgehead atoms. The summed E-state index contributed by atoms with van der Waals surface area (Å²) in [5.74, 6) is -1.35. The number of aromatic carboxylic acids is 1. The predicted molar refractivity (Wildman–Crippen MR) is 38.8 cm³/mol. The Hall–Kier alpha value is -1.04. The standard InChI is InChI=1S/C6H5F2NO2S/c1-2-3(5(7)8)4(6(10)11)12-9-2/h5H,1H3,(H,10,11). The molecule has 0 aliphatic carbocycles. The zero-order valence-electron chi connectivity index (χ0n) is 6.04. The monoisotopic (exact) mass is 193 g/mol. The van der Waals surface area contributed by atoms with E-state index in [0.717, 1.165) is 0 Å². The zero-order chi connectivity index (χ0) is 9.30. The van der Waals surface area contributed by atoms with Crippen LogP contribution in [-0.2, 0) is 0 Å². The molecule has 0 amide bonds. The van der Waals surface area contributed by atoms with E-state index in [9.17, 15) is 13.6 Å². The van der Waals surface area contributed by atoms with Gasteiger partial charge in [-0.1, -0.05) is 0 Å². The Morgan fingerprint density at radius 3 is 2.58 bits per heavy atom. The van der Waals surface area contributed by atoms with Gasteiger partial charge in [0.1, 0.15) is 4.88 Å². The molecule has 0 aliphatic heterocycles. The van der Waals surface area contributed by atoms with Crippen LogP contribution in [-0.4, -0.2) is 15.4 Å². The van der Waals surface area contributed by atoms with Crippen molar-refractivity contribution in [2.75, 3.05) is 0 Å². The summed E-state index contributed by atoms with van der Waals surface area (Å²) >= 11 is 0.583. The molecule has 0 saturated heterocycles. The van der Waals surface area contributed by atoms with Crippen molar-refractivity contribution in [3.05, 3.63) is 16.1 Å². The number of rotatable bonds is 2. The molecule has 0 unspecified atom stereocenters. The van der Waals surface area contributed by atoms with Gasteiger partial charge in [0.15, 0.2) is 0 Å². The van der Waals surface area contributed by atoms with Gasteiger partial charge in [-0.05, 0) is 18.5 Å². The maximum atomic E-state index is 12.2. The maximum absolute atomic E-state index is 12.2. The van der Waals surface area contributed by atoms with Crippen LogP contribution >= 0.6 is 11.5 Å². The number of halogens is 2. The van der Waals surface area contributed by atoms with E-state index in [1.165, 1.54) is 6.92 Å². The van der Waals surface area contributed by atoms with Crippen molar-refractivity contribution in [2.24, 2.45) is 0 Å². The molecule has 1 rings (SSSR count). The van der Waals surface area contributed by atoms with Crippen LogP contribution in [0.1, 0.15) is 27.4 Å². The lowest BCUT2D eigenvalue weighted by atomic mass is 10.2. The van der Waals surface area contributed by atoms with Gasteiger partial charge in [0.05, 0.1) is 11.3 Å². The maximum Gasteiger partial charge on any atom is 0.348 e. The summed E-state index contributed by atoms with van der Waals surface area (Å²) in [7, 11) is 0. The van der Waals surface area contributed by atoms with E-state index in [0.29, 0.717) is 11.5 Å². The Balaban J connectivity index is 3.21. The Labute approximate surface area is 70.8 Å². The SMILES string of the molecule is Cc1nsc(C(=O)O)c1C(F)F. The Bertz CT molecular complexity index is 310. The second kappa shape index (κ2) is 3.14. The molecule has 1 N–H and O–H groups in total. The first-order valence-electron chi connectivity index (χ1n) is 3.01. The summed E-state index contributed by atoms with van der Waals surface area (Å²) in [5.41, 5.74) is -0.375. The Morgan fingerprint density at radius 1 is 1.67 bits per heavy atom. The number of aromatic nitrogens is 1. The average Bonchev–Trinajstić information content (AvgIpc) is 2.30. The second-order valence-corrected chi connectivity index (χ2v) is 2.89. The van der Waals surface area contributed by atoms with Gasteiger partial charge in [-0.3, -0.25) is 0 Å². The molecular formula is C6H5F2NO2S. The summed E-state index contributed by atoms with van der Waals surface area (Å²) in [6, 6.07) is 0. The van der Waals surface area contributed by atoms with Crippen LogP contribution < -0.4 is 0 Å². The van der Waals surface area contributed by atoms with E-state index in [1.54, 1.807) is 0 Å². The number of nitrogens with zero attached hydrogens (tertiary/aromatic N) is 1. The van der Waals surface area contributed by atoms with E-state index in [-0.39, 0.29) is 10.6 Å². The summed E-state index contributed by atoms with van der Waals surface area (Å²) in [4.78, 5) is 10.0. The van der Waals surface area contributed by atoms with Crippen molar-refractivity contribution in [3.8, 4) is 0 Å². The van der Waals surface area contributed by atoms with E-state index < -0.39 is 18.0 Å². The molecule has 0 atom stereocenters. The molecular weight excluding hydrogens is 188 g/mol. The minimum absolute atomic E-state index is 0.0902. The molecule has 66 valence electrons. The highest BCUT2D eigenvalue weighted by atomic mass is 32.1. The second-order valence-electron chi connectivity index (χ2n) is 2.12. The normalized spacial score (nSPS) is 10.7. The quantitative estimate of drug-likeness (QED) is 0.782. The third-order valence-electron chi connectivity index (χ3n) is 1.32.